The summed E-state index contributed by atoms with van der Waals surface area (Å²) >= 11 is 0. The summed E-state index contributed by atoms with van der Waals surface area (Å²) in [6.45, 7) is 9.55. The first-order valence-corrected chi connectivity index (χ1v) is 23.3. The van der Waals surface area contributed by atoms with Gasteiger partial charge in [0, 0.05) is 68.0 Å². The molecular weight excluding hydrogens is 829 g/mol. The predicted molar refractivity (Wildman–Crippen MR) is 247 cm³/mol. The summed E-state index contributed by atoms with van der Waals surface area (Å²) in [6.07, 6.45) is 14.7. The number of allylic oxidation sites excluding steroid dienone is 1. The van der Waals surface area contributed by atoms with Gasteiger partial charge in [0.05, 0.1) is 35.5 Å². The Labute approximate surface area is 382 Å². The Morgan fingerprint density at radius 1 is 1.08 bits per heavy atom. The molecule has 0 bridgehead atoms. The van der Waals surface area contributed by atoms with Gasteiger partial charge in [-0.15, -0.1) is 6.58 Å². The van der Waals surface area contributed by atoms with E-state index in [1.54, 1.807) is 24.3 Å². The Balaban J connectivity index is 1.40. The average molecular weight is 893 g/mol. The first-order valence-electron chi connectivity index (χ1n) is 23.3. The summed E-state index contributed by atoms with van der Waals surface area (Å²) in [4.78, 5) is 38.4. The molecule has 14 heteroatoms. The van der Waals surface area contributed by atoms with Gasteiger partial charge in [0.2, 0.25) is 18.0 Å². The van der Waals surface area contributed by atoms with Crippen molar-refractivity contribution in [3.05, 3.63) is 124 Å². The van der Waals surface area contributed by atoms with E-state index >= 15 is 0 Å². The van der Waals surface area contributed by atoms with E-state index in [-0.39, 0.29) is 62.2 Å². The number of nitrogens with zero attached hydrogens (tertiary/aromatic N) is 4. The molecule has 1 saturated carbocycles. The lowest BCUT2D eigenvalue weighted by Crippen LogP contribution is -2.70. The van der Waals surface area contributed by atoms with Crippen LogP contribution in [0.3, 0.4) is 0 Å². The zero-order chi connectivity index (χ0) is 45.8. The van der Waals surface area contributed by atoms with Gasteiger partial charge >= 0.3 is 0 Å². The van der Waals surface area contributed by atoms with Crippen LogP contribution in [0.25, 0.3) is 6.08 Å². The van der Waals surface area contributed by atoms with Crippen LogP contribution in [0.15, 0.2) is 96.2 Å². The van der Waals surface area contributed by atoms with E-state index in [1.165, 1.54) is 18.2 Å². The van der Waals surface area contributed by atoms with E-state index in [0.717, 1.165) is 61.0 Å². The third-order valence-electron chi connectivity index (χ3n) is 13.0. The number of aromatic nitrogens is 1. The van der Waals surface area contributed by atoms with Gasteiger partial charge in [-0.1, -0.05) is 43.1 Å². The van der Waals surface area contributed by atoms with Gasteiger partial charge in [0.1, 0.15) is 24.1 Å². The Hall–Kier alpha value is -5.41. The number of nitro groups is 1. The Morgan fingerprint density at radius 3 is 2.58 bits per heavy atom. The number of hydrogen-bond acceptors (Lipinski definition) is 12. The number of ether oxygens (including phenoxy) is 4. The molecule has 3 heterocycles. The molecule has 4 aliphatic rings. The molecule has 2 aromatic carbocycles. The topological polar surface area (TPSA) is 175 Å². The molecule has 0 spiro atoms. The van der Waals surface area contributed by atoms with Crippen molar-refractivity contribution in [1.82, 2.24) is 9.88 Å². The van der Waals surface area contributed by atoms with Gasteiger partial charge in [-0.3, -0.25) is 19.9 Å². The summed E-state index contributed by atoms with van der Waals surface area (Å²) in [7, 11) is 0. The highest BCUT2D eigenvalue weighted by Gasteiger charge is 2.65. The molecule has 0 radical (unpaired) electrons. The van der Waals surface area contributed by atoms with Gasteiger partial charge in [-0.05, 0) is 123 Å². The lowest BCUT2D eigenvalue weighted by Gasteiger charge is -2.60. The van der Waals surface area contributed by atoms with Crippen LogP contribution in [0.5, 0.6) is 11.5 Å². The maximum Gasteiger partial charge on any atom is 0.269 e. The lowest BCUT2D eigenvalue weighted by atomic mass is 9.55. The number of aliphatic hydroxyl groups excluding tert-OH is 2. The predicted octanol–water partition coefficient (Wildman–Crippen LogP) is 8.99. The smallest absolute Gasteiger partial charge is 0.269 e. The summed E-state index contributed by atoms with van der Waals surface area (Å²) in [5, 5.41) is 36.3. The summed E-state index contributed by atoms with van der Waals surface area (Å²) in [5.41, 5.74) is 4.90. The van der Waals surface area contributed by atoms with Crippen LogP contribution in [-0.4, -0.2) is 87.7 Å². The van der Waals surface area contributed by atoms with Gasteiger partial charge < -0.3 is 38.9 Å². The molecule has 7 unspecified atom stereocenters. The number of benzene rings is 2. The first kappa shape index (κ1) is 47.5. The number of non-ortho nitro benzene ring substituents is 1. The Kier molecular flexibility index (Phi) is 16.6. The van der Waals surface area contributed by atoms with E-state index in [1.807, 2.05) is 49.1 Å². The van der Waals surface area contributed by atoms with Gasteiger partial charge in [0.25, 0.3) is 5.69 Å². The molecule has 1 saturated heterocycles. The zero-order valence-corrected chi connectivity index (χ0v) is 37.7. The van der Waals surface area contributed by atoms with Gasteiger partial charge in [-0.25, -0.2) is 0 Å². The third kappa shape index (κ3) is 11.2. The molecule has 1 amide bonds. The van der Waals surface area contributed by atoms with E-state index in [2.05, 4.69) is 23.7 Å². The molecule has 14 nitrogen and oxygen atoms in total. The minimum Gasteiger partial charge on any atom is -0.487 e. The normalized spacial score (nSPS) is 25.2. The lowest BCUT2D eigenvalue weighted by molar-refractivity contribution is -0.384. The van der Waals surface area contributed by atoms with Crippen LogP contribution in [0.1, 0.15) is 106 Å². The highest BCUT2D eigenvalue weighted by atomic mass is 16.8. The SMILES string of the molecule is C=CCOC12Oc3ccc(OCc4cccc(C)n4)cc3C3C(CCCCO)C(CCCCO)C=C(C(=NOC4CCCCO4)CC1N(CCC)C(=O)C=Cc1ccc([N+](=O)[O-])cc1)C32. The molecule has 65 heavy (non-hydrogen) atoms. The number of pyridine rings is 1. The molecular formula is C51H64N4O10. The highest BCUT2D eigenvalue weighted by Crippen LogP contribution is 2.62. The van der Waals surface area contributed by atoms with Crippen LogP contribution in [-0.2, 0) is 25.7 Å². The van der Waals surface area contributed by atoms with Crippen molar-refractivity contribution < 1.29 is 43.7 Å². The van der Waals surface area contributed by atoms with Gasteiger partial charge in [-0.2, -0.15) is 0 Å². The van der Waals surface area contributed by atoms with Crippen molar-refractivity contribution in [2.45, 2.75) is 115 Å². The molecule has 2 fully saturated rings. The fourth-order valence-corrected chi connectivity index (χ4v) is 10.1. The maximum atomic E-state index is 14.8. The Morgan fingerprint density at radius 2 is 1.88 bits per heavy atom. The van der Waals surface area contributed by atoms with E-state index < -0.39 is 29.0 Å². The minimum absolute atomic E-state index is 0.0369. The van der Waals surface area contributed by atoms with Crippen molar-refractivity contribution in [2.75, 3.05) is 33.0 Å². The Bertz CT molecular complexity index is 2190. The summed E-state index contributed by atoms with van der Waals surface area (Å²) < 4.78 is 26.9. The fraction of sp³-hybridized carbons (Fsp3) is 0.510. The van der Waals surface area contributed by atoms with Crippen LogP contribution in [0, 0.1) is 34.8 Å². The van der Waals surface area contributed by atoms with Crippen molar-refractivity contribution in [3.8, 4) is 11.5 Å². The van der Waals surface area contributed by atoms with Crippen LogP contribution in [0.2, 0.25) is 0 Å². The molecule has 7 atom stereocenters. The minimum atomic E-state index is -1.43. The molecule has 2 N–H and O–H groups in total. The number of hydrogen-bond donors (Lipinski definition) is 2. The van der Waals surface area contributed by atoms with Crippen molar-refractivity contribution >= 4 is 23.4 Å². The molecule has 348 valence electrons. The second-order valence-corrected chi connectivity index (χ2v) is 17.4. The second-order valence-electron chi connectivity index (χ2n) is 17.4. The van der Waals surface area contributed by atoms with Crippen molar-refractivity contribution in [2.24, 2.45) is 22.9 Å². The van der Waals surface area contributed by atoms with Crippen LogP contribution < -0.4 is 9.47 Å². The number of aryl methyl sites for hydroxylation is 1. The molecule has 1 aromatic heterocycles. The summed E-state index contributed by atoms with van der Waals surface area (Å²) in [6, 6.07) is 17.1. The molecule has 7 rings (SSSR count). The first-order chi connectivity index (χ1) is 31.7. The average Bonchev–Trinajstić information content (AvgIpc) is 3.32. The van der Waals surface area contributed by atoms with E-state index in [9.17, 15) is 25.1 Å². The number of carbonyl (C=O) groups excluding carboxylic acids is 1. The van der Waals surface area contributed by atoms with Crippen LogP contribution >= 0.6 is 0 Å². The number of fused-ring (bicyclic) bond motifs is 2. The van der Waals surface area contributed by atoms with Crippen LogP contribution in [0.4, 0.5) is 5.69 Å². The van der Waals surface area contributed by atoms with Crippen molar-refractivity contribution in [1.29, 1.82) is 0 Å². The zero-order valence-electron chi connectivity index (χ0n) is 37.7. The third-order valence-corrected chi connectivity index (χ3v) is 13.0. The van der Waals surface area contributed by atoms with E-state index in [4.69, 9.17) is 28.9 Å². The number of rotatable bonds is 22. The molecule has 3 aromatic rings. The van der Waals surface area contributed by atoms with Gasteiger partial charge in [0.15, 0.2) is 0 Å². The molecule has 2 aliphatic heterocycles. The number of oxime groups is 1. The van der Waals surface area contributed by atoms with Crippen molar-refractivity contribution in [3.63, 3.8) is 0 Å². The quantitative estimate of drug-likeness (QED) is 0.0324. The highest BCUT2D eigenvalue weighted by molar-refractivity contribution is 6.03. The van der Waals surface area contributed by atoms with E-state index in [0.29, 0.717) is 61.6 Å². The number of carbonyl (C=O) groups is 1. The number of nitro benzene ring substituents is 1. The second kappa shape index (κ2) is 22.7. The maximum absolute atomic E-state index is 14.8. The summed E-state index contributed by atoms with van der Waals surface area (Å²) in [5.74, 6) is -1.04. The monoisotopic (exact) mass is 892 g/mol. The largest absolute Gasteiger partial charge is 0.487 e. The fourth-order valence-electron chi connectivity index (χ4n) is 10.1. The molecule has 2 aliphatic carbocycles. The number of amides is 1. The standard InChI is InChI=1S/C51H64N4O10/c1-4-26-54(47(58)25-20-36-18-21-39(22-19-36)55(59)60)46-33-44(53-65-48-17-8-11-30-61-48)42-31-37(14-6-9-27-56)41(16-7-10-28-57)49-43-32-40(62-34-38-15-12-13-35(3)52-38)23-24-45(43)64-51(46,50(42)49)63-29-5-2/h5,12-13,15,18-25,31-32,37,41,46,48-50,56-57H,2,4,6-11,14,16-17,26-30,33-34H2,1,3H3. The number of aliphatic hydroxyl groups is 2. The number of unbranched alkanes of at least 4 members (excludes halogenated alkanes) is 2.